The number of hydrogen-bond acceptors (Lipinski definition) is 3. The summed E-state index contributed by atoms with van der Waals surface area (Å²) in [6.07, 6.45) is 5.51. The molecule has 1 heterocycles. The molecule has 1 N–H and O–H groups in total. The summed E-state index contributed by atoms with van der Waals surface area (Å²) in [6, 6.07) is 18.0. The van der Waals surface area contributed by atoms with Crippen molar-refractivity contribution in [1.29, 1.82) is 0 Å². The Labute approximate surface area is 161 Å². The van der Waals surface area contributed by atoms with Gasteiger partial charge in [-0.05, 0) is 67.6 Å². The molecule has 1 aliphatic heterocycles. The third-order valence-electron chi connectivity index (χ3n) is 5.95. The molecule has 4 heteroatoms. The molecule has 0 radical (unpaired) electrons. The Morgan fingerprint density at radius 2 is 2.00 bits per heavy atom. The Balaban J connectivity index is 1.58. The summed E-state index contributed by atoms with van der Waals surface area (Å²) in [5, 5.41) is 2.65. The second kappa shape index (κ2) is 8.57. The lowest BCUT2D eigenvalue weighted by molar-refractivity contribution is -0.109. The highest BCUT2D eigenvalue weighted by Crippen LogP contribution is 2.40. The van der Waals surface area contributed by atoms with Gasteiger partial charge in [-0.3, -0.25) is 9.69 Å². The van der Waals surface area contributed by atoms with Gasteiger partial charge in [0.05, 0.1) is 6.54 Å². The molecule has 4 nitrogen and oxygen atoms in total. The Bertz CT molecular complexity index is 758. The van der Waals surface area contributed by atoms with Crippen LogP contribution in [0.3, 0.4) is 0 Å². The number of rotatable bonds is 8. The van der Waals surface area contributed by atoms with Crippen LogP contribution in [0.5, 0.6) is 5.75 Å². The van der Waals surface area contributed by atoms with Gasteiger partial charge >= 0.3 is 0 Å². The minimum Gasteiger partial charge on any atom is -0.492 e. The fourth-order valence-corrected chi connectivity index (χ4v) is 4.46. The van der Waals surface area contributed by atoms with Crippen molar-refractivity contribution in [3.05, 3.63) is 65.2 Å². The molecule has 1 saturated heterocycles. The number of aryl methyl sites for hydroxylation is 1. The summed E-state index contributed by atoms with van der Waals surface area (Å²) < 4.78 is 5.87. The first-order valence-electron chi connectivity index (χ1n) is 10.1. The zero-order valence-electron chi connectivity index (χ0n) is 15.8. The Hall–Kier alpha value is -2.33. The van der Waals surface area contributed by atoms with Crippen LogP contribution >= 0.6 is 0 Å². The molecule has 0 bridgehead atoms. The molecule has 2 aromatic carbocycles. The molecular formula is C23H28N2O2. The van der Waals surface area contributed by atoms with Crippen LogP contribution in [0.25, 0.3) is 0 Å². The standard InChI is InChI=1S/C23H28N2O2/c26-17-24-11-14-27-20-9-7-19-8-10-23(25-12-4-13-25)22(21(19)16-20)15-18-5-2-1-3-6-18/h1-3,5-7,9,16-17,22-23H,4,8,10-15H2,(H,24,26). The van der Waals surface area contributed by atoms with E-state index >= 15 is 0 Å². The van der Waals surface area contributed by atoms with E-state index in [-0.39, 0.29) is 0 Å². The lowest BCUT2D eigenvalue weighted by Gasteiger charge is -2.45. The lowest BCUT2D eigenvalue weighted by Crippen LogP contribution is -2.49. The number of fused-ring (bicyclic) bond motifs is 1. The summed E-state index contributed by atoms with van der Waals surface area (Å²) in [4.78, 5) is 13.1. The van der Waals surface area contributed by atoms with E-state index in [1.54, 1.807) is 0 Å². The van der Waals surface area contributed by atoms with Crippen molar-refractivity contribution in [3.63, 3.8) is 0 Å². The predicted molar refractivity (Wildman–Crippen MR) is 107 cm³/mol. The summed E-state index contributed by atoms with van der Waals surface area (Å²) in [5.74, 6) is 1.41. The van der Waals surface area contributed by atoms with Gasteiger partial charge in [-0.25, -0.2) is 0 Å². The van der Waals surface area contributed by atoms with E-state index in [4.69, 9.17) is 4.74 Å². The van der Waals surface area contributed by atoms with Gasteiger partial charge in [-0.1, -0.05) is 36.4 Å². The predicted octanol–water partition coefficient (Wildman–Crippen LogP) is 3.16. The van der Waals surface area contributed by atoms with E-state index in [0.717, 1.165) is 18.6 Å². The van der Waals surface area contributed by atoms with Crippen molar-refractivity contribution in [2.75, 3.05) is 26.2 Å². The van der Waals surface area contributed by atoms with Gasteiger partial charge in [-0.15, -0.1) is 0 Å². The number of carbonyl (C=O) groups is 1. The van der Waals surface area contributed by atoms with Gasteiger partial charge in [0.2, 0.25) is 6.41 Å². The molecule has 1 fully saturated rings. The van der Waals surface area contributed by atoms with Gasteiger partial charge in [0.1, 0.15) is 12.4 Å². The summed E-state index contributed by atoms with van der Waals surface area (Å²) in [6.45, 7) is 3.50. The third kappa shape index (κ3) is 4.16. The van der Waals surface area contributed by atoms with E-state index in [1.807, 2.05) is 0 Å². The quantitative estimate of drug-likeness (QED) is 0.578. The maximum atomic E-state index is 10.4. The molecule has 1 amide bonds. The highest BCUT2D eigenvalue weighted by Gasteiger charge is 2.35. The van der Waals surface area contributed by atoms with Gasteiger partial charge in [-0.2, -0.15) is 0 Å². The fourth-order valence-electron chi connectivity index (χ4n) is 4.46. The van der Waals surface area contributed by atoms with Crippen LogP contribution in [0.2, 0.25) is 0 Å². The van der Waals surface area contributed by atoms with Crippen LogP contribution in [-0.4, -0.2) is 43.6 Å². The van der Waals surface area contributed by atoms with Crippen molar-refractivity contribution in [1.82, 2.24) is 10.2 Å². The van der Waals surface area contributed by atoms with Crippen LogP contribution in [0.15, 0.2) is 48.5 Å². The average Bonchev–Trinajstić information content (AvgIpc) is 2.66. The van der Waals surface area contributed by atoms with Crippen LogP contribution in [0.1, 0.15) is 35.4 Å². The first-order chi connectivity index (χ1) is 13.3. The van der Waals surface area contributed by atoms with E-state index in [0.29, 0.717) is 31.5 Å². The van der Waals surface area contributed by atoms with E-state index in [1.165, 1.54) is 42.6 Å². The minimum absolute atomic E-state index is 0.496. The van der Waals surface area contributed by atoms with Gasteiger partial charge in [0.25, 0.3) is 0 Å². The number of nitrogens with zero attached hydrogens (tertiary/aromatic N) is 1. The minimum atomic E-state index is 0.496. The van der Waals surface area contributed by atoms with E-state index < -0.39 is 0 Å². The zero-order valence-corrected chi connectivity index (χ0v) is 15.8. The molecule has 2 unspecified atom stereocenters. The number of ether oxygens (including phenoxy) is 1. The van der Waals surface area contributed by atoms with Gasteiger partial charge < -0.3 is 10.1 Å². The number of hydrogen-bond donors (Lipinski definition) is 1. The van der Waals surface area contributed by atoms with Crippen molar-refractivity contribution < 1.29 is 9.53 Å². The van der Waals surface area contributed by atoms with Crippen LogP contribution < -0.4 is 10.1 Å². The SMILES string of the molecule is O=CNCCOc1ccc2c(c1)C(Cc1ccccc1)C(N1CCC1)CC2. The number of likely N-dealkylation sites (tertiary alicyclic amines) is 1. The van der Waals surface area contributed by atoms with Crippen molar-refractivity contribution in [3.8, 4) is 5.75 Å². The Morgan fingerprint density at radius 1 is 1.15 bits per heavy atom. The highest BCUT2D eigenvalue weighted by atomic mass is 16.5. The third-order valence-corrected chi connectivity index (χ3v) is 5.95. The number of carbonyl (C=O) groups excluding carboxylic acids is 1. The average molecular weight is 364 g/mol. The highest BCUT2D eigenvalue weighted by molar-refractivity contribution is 5.45. The number of nitrogens with one attached hydrogen (secondary N) is 1. The molecule has 1 aliphatic carbocycles. The van der Waals surface area contributed by atoms with E-state index in [2.05, 4.69) is 58.7 Å². The molecule has 2 aliphatic rings. The number of benzene rings is 2. The summed E-state index contributed by atoms with van der Waals surface area (Å²) >= 11 is 0. The molecule has 0 saturated carbocycles. The molecule has 0 aromatic heterocycles. The molecule has 2 atom stereocenters. The zero-order chi connectivity index (χ0) is 18.5. The molecule has 2 aromatic rings. The van der Waals surface area contributed by atoms with Crippen LogP contribution in [-0.2, 0) is 17.6 Å². The molecular weight excluding hydrogens is 336 g/mol. The maximum Gasteiger partial charge on any atom is 0.207 e. The van der Waals surface area contributed by atoms with Gasteiger partial charge in [0.15, 0.2) is 0 Å². The topological polar surface area (TPSA) is 41.6 Å². The fraction of sp³-hybridized carbons (Fsp3) is 0.435. The first-order valence-corrected chi connectivity index (χ1v) is 10.1. The smallest absolute Gasteiger partial charge is 0.207 e. The monoisotopic (exact) mass is 364 g/mol. The number of amides is 1. The largest absolute Gasteiger partial charge is 0.492 e. The van der Waals surface area contributed by atoms with Crippen molar-refractivity contribution >= 4 is 6.41 Å². The van der Waals surface area contributed by atoms with Crippen molar-refractivity contribution in [2.45, 2.75) is 37.6 Å². The molecule has 4 rings (SSSR count). The molecule has 142 valence electrons. The Kier molecular flexibility index (Phi) is 5.73. The van der Waals surface area contributed by atoms with E-state index in [9.17, 15) is 4.79 Å². The summed E-state index contributed by atoms with van der Waals surface area (Å²) in [7, 11) is 0. The maximum absolute atomic E-state index is 10.4. The lowest BCUT2D eigenvalue weighted by atomic mass is 9.75. The van der Waals surface area contributed by atoms with Crippen molar-refractivity contribution in [2.24, 2.45) is 0 Å². The molecule has 27 heavy (non-hydrogen) atoms. The Morgan fingerprint density at radius 3 is 2.74 bits per heavy atom. The first kappa shape index (κ1) is 18.1. The normalized spacial score (nSPS) is 21.8. The summed E-state index contributed by atoms with van der Waals surface area (Å²) in [5.41, 5.74) is 4.32. The van der Waals surface area contributed by atoms with Crippen LogP contribution in [0.4, 0.5) is 0 Å². The van der Waals surface area contributed by atoms with Crippen LogP contribution in [0, 0.1) is 0 Å². The second-order valence-corrected chi connectivity index (χ2v) is 7.57. The molecule has 0 spiro atoms. The second-order valence-electron chi connectivity index (χ2n) is 7.57. The van der Waals surface area contributed by atoms with Gasteiger partial charge in [0, 0.05) is 12.0 Å².